The number of amidine groups is 1. The van der Waals surface area contributed by atoms with Gasteiger partial charge in [-0.05, 0) is 31.0 Å². The molecule has 1 heterocycles. The predicted octanol–water partition coefficient (Wildman–Crippen LogP) is 2.06. The first kappa shape index (κ1) is 20.7. The minimum Gasteiger partial charge on any atom is -0.477 e. The van der Waals surface area contributed by atoms with Gasteiger partial charge in [-0.3, -0.25) is 9.79 Å². The zero-order valence-corrected chi connectivity index (χ0v) is 15.9. The van der Waals surface area contributed by atoms with Crippen LogP contribution in [0.1, 0.15) is 29.4 Å². The summed E-state index contributed by atoms with van der Waals surface area (Å²) >= 11 is 1.41. The van der Waals surface area contributed by atoms with Gasteiger partial charge in [0.1, 0.15) is 5.69 Å². The number of amides is 1. The molecule has 0 bridgehead atoms. The van der Waals surface area contributed by atoms with E-state index < -0.39 is 0 Å². The number of aliphatic imine (C=N–C) groups is 1. The number of carbonyl (C=O) groups is 1. The summed E-state index contributed by atoms with van der Waals surface area (Å²) in [6.07, 6.45) is 3.47. The van der Waals surface area contributed by atoms with Gasteiger partial charge in [0.2, 0.25) is 5.88 Å². The van der Waals surface area contributed by atoms with Crippen LogP contribution in [0, 0.1) is 0 Å². The number of hydrogen-bond acceptors (Lipinski definition) is 7. The number of thioether (sulfide) groups is 1. The average molecular weight is 389 g/mol. The molecule has 0 atom stereocenters. The van der Waals surface area contributed by atoms with Crippen LogP contribution in [0.25, 0.3) is 0 Å². The van der Waals surface area contributed by atoms with Crippen molar-refractivity contribution >= 4 is 28.5 Å². The van der Waals surface area contributed by atoms with Gasteiger partial charge in [0.15, 0.2) is 5.17 Å². The van der Waals surface area contributed by atoms with E-state index in [1.54, 1.807) is 6.07 Å². The van der Waals surface area contributed by atoms with Gasteiger partial charge in [-0.25, -0.2) is 9.97 Å². The second kappa shape index (κ2) is 11.1. The lowest BCUT2D eigenvalue weighted by Gasteiger charge is -2.07. The van der Waals surface area contributed by atoms with Crippen LogP contribution >= 0.6 is 11.8 Å². The maximum Gasteiger partial charge on any atom is 0.275 e. The van der Waals surface area contributed by atoms with E-state index in [-0.39, 0.29) is 18.2 Å². The molecule has 0 aliphatic rings. The Morgan fingerprint density at radius 3 is 2.93 bits per heavy atom. The van der Waals surface area contributed by atoms with Crippen LogP contribution in [0.4, 0.5) is 5.69 Å². The van der Waals surface area contributed by atoms with Crippen molar-refractivity contribution in [2.45, 2.75) is 19.9 Å². The molecule has 1 aromatic heterocycles. The number of benzene rings is 1. The number of nitrogens with one attached hydrogen (secondary N) is 1. The van der Waals surface area contributed by atoms with Crippen molar-refractivity contribution in [1.29, 1.82) is 0 Å². The molecule has 4 N–H and O–H groups in total. The number of aliphatic hydroxyl groups excluding tert-OH is 1. The summed E-state index contributed by atoms with van der Waals surface area (Å²) in [7, 11) is 0. The number of carbonyl (C=O) groups excluding carboxylic acids is 1. The number of hydrogen-bond donors (Lipinski definition) is 3. The number of aliphatic hydroxyl groups is 1. The van der Waals surface area contributed by atoms with Crippen LogP contribution < -0.4 is 15.8 Å². The van der Waals surface area contributed by atoms with Gasteiger partial charge < -0.3 is 20.9 Å². The molecule has 0 saturated carbocycles. The Morgan fingerprint density at radius 2 is 2.22 bits per heavy atom. The van der Waals surface area contributed by atoms with Crippen molar-refractivity contribution in [3.05, 3.63) is 47.9 Å². The fourth-order valence-electron chi connectivity index (χ4n) is 2.05. The monoisotopic (exact) mass is 389 g/mol. The number of aromatic nitrogens is 2. The lowest BCUT2D eigenvalue weighted by Crippen LogP contribution is -2.14. The fourth-order valence-corrected chi connectivity index (χ4v) is 2.69. The van der Waals surface area contributed by atoms with Crippen molar-refractivity contribution < 1.29 is 14.6 Å². The minimum absolute atomic E-state index is 0.140. The third-order valence-corrected chi connectivity index (χ3v) is 4.23. The highest BCUT2D eigenvalue weighted by molar-refractivity contribution is 8.13. The molecule has 0 spiro atoms. The summed E-state index contributed by atoms with van der Waals surface area (Å²) in [6.45, 7) is 2.88. The summed E-state index contributed by atoms with van der Waals surface area (Å²) in [5, 5.41) is 12.0. The van der Waals surface area contributed by atoms with Crippen molar-refractivity contribution in [2.75, 3.05) is 24.3 Å². The van der Waals surface area contributed by atoms with Gasteiger partial charge in [-0.2, -0.15) is 0 Å². The second-order valence-electron chi connectivity index (χ2n) is 5.41. The normalized spacial score (nSPS) is 11.3. The first-order valence-electron chi connectivity index (χ1n) is 8.51. The van der Waals surface area contributed by atoms with Crippen molar-refractivity contribution in [1.82, 2.24) is 9.97 Å². The van der Waals surface area contributed by atoms with Crippen LogP contribution in [-0.2, 0) is 6.54 Å². The lowest BCUT2D eigenvalue weighted by atomic mass is 10.2. The Kier molecular flexibility index (Phi) is 8.53. The molecule has 0 aliphatic heterocycles. The van der Waals surface area contributed by atoms with Crippen LogP contribution in [0.15, 0.2) is 41.7 Å². The van der Waals surface area contributed by atoms with E-state index in [9.17, 15) is 4.79 Å². The Balaban J connectivity index is 1.94. The largest absolute Gasteiger partial charge is 0.477 e. The van der Waals surface area contributed by atoms with E-state index in [0.29, 0.717) is 36.3 Å². The van der Waals surface area contributed by atoms with Gasteiger partial charge in [-0.1, -0.05) is 23.9 Å². The van der Waals surface area contributed by atoms with Gasteiger partial charge >= 0.3 is 0 Å². The summed E-state index contributed by atoms with van der Waals surface area (Å²) in [4.78, 5) is 24.7. The van der Waals surface area contributed by atoms with Gasteiger partial charge in [-0.15, -0.1) is 0 Å². The maximum absolute atomic E-state index is 12.3. The van der Waals surface area contributed by atoms with E-state index in [0.717, 1.165) is 11.3 Å². The molecule has 2 rings (SSSR count). The quantitative estimate of drug-likeness (QED) is 0.341. The van der Waals surface area contributed by atoms with Crippen molar-refractivity contribution in [3.63, 3.8) is 0 Å². The number of nitrogens with zero attached hydrogens (tertiary/aromatic N) is 3. The molecule has 0 aliphatic carbocycles. The molecular formula is C18H23N5O3S. The first-order valence-corrected chi connectivity index (χ1v) is 9.49. The van der Waals surface area contributed by atoms with Crippen LogP contribution in [0.2, 0.25) is 0 Å². The molecule has 9 heteroatoms. The molecule has 0 saturated heterocycles. The molecule has 27 heavy (non-hydrogen) atoms. The molecule has 1 aromatic carbocycles. The van der Waals surface area contributed by atoms with E-state index in [2.05, 4.69) is 20.3 Å². The highest BCUT2D eigenvalue weighted by Gasteiger charge is 2.09. The highest BCUT2D eigenvalue weighted by atomic mass is 32.2. The van der Waals surface area contributed by atoms with Gasteiger partial charge in [0, 0.05) is 18.0 Å². The molecule has 8 nitrogen and oxygen atoms in total. The Bertz CT molecular complexity index is 768. The summed E-state index contributed by atoms with van der Waals surface area (Å²) in [5.74, 6) is 0.749. The standard InChI is InChI=1S/C18H23N5O3S/c1-2-26-16-12-20-15(11-21-16)17(25)23-14-6-3-5-13(9-14)10-22-18(19)27-8-4-7-24/h3,5-6,9,11-12,24H,2,4,7-8,10H2,1H3,(H2,19,22)(H,23,25). The third-order valence-electron chi connectivity index (χ3n) is 3.31. The number of nitrogens with two attached hydrogens (primary N) is 1. The Hall–Kier alpha value is -2.65. The average Bonchev–Trinajstić information content (AvgIpc) is 2.68. The third kappa shape index (κ3) is 7.24. The molecule has 144 valence electrons. The molecule has 2 aromatic rings. The Morgan fingerprint density at radius 1 is 1.37 bits per heavy atom. The number of ether oxygens (including phenoxy) is 1. The van der Waals surface area contributed by atoms with E-state index in [1.807, 2.05) is 25.1 Å². The fraction of sp³-hybridized carbons (Fsp3) is 0.333. The van der Waals surface area contributed by atoms with Crippen molar-refractivity contribution in [2.24, 2.45) is 10.7 Å². The molecule has 0 unspecified atom stereocenters. The summed E-state index contributed by atoms with van der Waals surface area (Å²) in [5.41, 5.74) is 7.57. The molecule has 0 radical (unpaired) electrons. The molecule has 0 fully saturated rings. The predicted molar refractivity (Wildman–Crippen MR) is 107 cm³/mol. The van der Waals surface area contributed by atoms with Crippen molar-refractivity contribution in [3.8, 4) is 5.88 Å². The molecule has 1 amide bonds. The minimum atomic E-state index is -0.356. The zero-order chi connectivity index (χ0) is 19.5. The summed E-state index contributed by atoms with van der Waals surface area (Å²) in [6, 6.07) is 7.35. The maximum atomic E-state index is 12.3. The van der Waals surface area contributed by atoms with Gasteiger partial charge in [0.05, 0.1) is 25.5 Å². The van der Waals surface area contributed by atoms with Crippen LogP contribution in [0.5, 0.6) is 5.88 Å². The highest BCUT2D eigenvalue weighted by Crippen LogP contribution is 2.14. The van der Waals surface area contributed by atoms with E-state index >= 15 is 0 Å². The molecular weight excluding hydrogens is 366 g/mol. The SMILES string of the molecule is CCOc1cnc(C(=O)Nc2cccc(C/N=C(/N)SCCCO)c2)cn1. The first-order chi connectivity index (χ1) is 13.1. The lowest BCUT2D eigenvalue weighted by molar-refractivity contribution is 0.102. The second-order valence-corrected chi connectivity index (χ2v) is 6.52. The van der Waals surface area contributed by atoms with E-state index in [1.165, 1.54) is 24.2 Å². The summed E-state index contributed by atoms with van der Waals surface area (Å²) < 4.78 is 5.21. The van der Waals surface area contributed by atoms with Crippen LogP contribution in [-0.4, -0.2) is 45.1 Å². The number of anilines is 1. The topological polar surface area (TPSA) is 123 Å². The van der Waals surface area contributed by atoms with E-state index in [4.69, 9.17) is 15.6 Å². The Labute approximate surface area is 162 Å². The van der Waals surface area contributed by atoms with Gasteiger partial charge in [0.25, 0.3) is 5.91 Å². The number of rotatable bonds is 9. The van der Waals surface area contributed by atoms with Crippen LogP contribution in [0.3, 0.4) is 0 Å². The zero-order valence-electron chi connectivity index (χ0n) is 15.1. The smallest absolute Gasteiger partial charge is 0.275 e.